The lowest BCUT2D eigenvalue weighted by atomic mass is 10.1. The molecule has 4 heteroatoms. The second kappa shape index (κ2) is 7.43. The normalized spacial score (nSPS) is 14.0. The van der Waals surface area contributed by atoms with Gasteiger partial charge in [-0.05, 0) is 44.7 Å². The smallest absolute Gasteiger partial charge is 0.254 e. The highest BCUT2D eigenvalue weighted by molar-refractivity contribution is 5.95. The Bertz CT molecular complexity index is 483. The van der Waals surface area contributed by atoms with Crippen molar-refractivity contribution in [3.8, 4) is 0 Å². The van der Waals surface area contributed by atoms with Gasteiger partial charge in [0.1, 0.15) is 5.82 Å². The third kappa shape index (κ3) is 4.19. The monoisotopic (exact) mass is 289 g/mol. The molecule has 0 aliphatic heterocycles. The zero-order valence-corrected chi connectivity index (χ0v) is 13.5. The van der Waals surface area contributed by atoms with Crippen molar-refractivity contribution in [3.05, 3.63) is 23.4 Å². The fraction of sp³-hybridized carbons (Fsp3) is 0.647. The summed E-state index contributed by atoms with van der Waals surface area (Å²) < 4.78 is 0. The fourth-order valence-corrected chi connectivity index (χ4v) is 2.56. The molecule has 0 saturated heterocycles. The van der Waals surface area contributed by atoms with Gasteiger partial charge in [0.25, 0.3) is 5.91 Å². The van der Waals surface area contributed by atoms with Gasteiger partial charge in [-0.15, -0.1) is 0 Å². The first-order chi connectivity index (χ1) is 10.2. The Balaban J connectivity index is 2.22. The summed E-state index contributed by atoms with van der Waals surface area (Å²) in [6.07, 6.45) is 5.29. The van der Waals surface area contributed by atoms with E-state index in [1.165, 1.54) is 0 Å². The Kier molecular flexibility index (Phi) is 5.59. The van der Waals surface area contributed by atoms with E-state index in [0.29, 0.717) is 6.04 Å². The summed E-state index contributed by atoms with van der Waals surface area (Å²) in [4.78, 5) is 19.3. The predicted octanol–water partition coefficient (Wildman–Crippen LogP) is 3.48. The molecule has 4 nitrogen and oxygen atoms in total. The minimum absolute atomic E-state index is 0.152. The number of nitrogens with one attached hydrogen (secondary N) is 1. The number of rotatable bonds is 8. The topological polar surface area (TPSA) is 45.2 Å². The number of hydrogen-bond acceptors (Lipinski definition) is 3. The van der Waals surface area contributed by atoms with Crippen LogP contribution in [0.1, 0.15) is 62.5 Å². The number of aryl methyl sites for hydroxylation is 1. The second-order valence-corrected chi connectivity index (χ2v) is 5.73. The van der Waals surface area contributed by atoms with Crippen LogP contribution >= 0.6 is 0 Å². The van der Waals surface area contributed by atoms with Crippen LogP contribution < -0.4 is 5.32 Å². The maximum atomic E-state index is 12.7. The van der Waals surface area contributed by atoms with E-state index in [9.17, 15) is 4.79 Å². The molecule has 1 heterocycles. The van der Waals surface area contributed by atoms with Crippen LogP contribution in [0, 0.1) is 0 Å². The van der Waals surface area contributed by atoms with Gasteiger partial charge in [0.05, 0.1) is 0 Å². The van der Waals surface area contributed by atoms with Crippen molar-refractivity contribution in [2.45, 2.75) is 58.9 Å². The van der Waals surface area contributed by atoms with E-state index < -0.39 is 0 Å². The van der Waals surface area contributed by atoms with Gasteiger partial charge in [-0.1, -0.05) is 20.3 Å². The summed E-state index contributed by atoms with van der Waals surface area (Å²) in [5.74, 6) is 0.984. The molecule has 0 bridgehead atoms. The molecule has 1 fully saturated rings. The zero-order chi connectivity index (χ0) is 15.2. The van der Waals surface area contributed by atoms with Crippen molar-refractivity contribution >= 4 is 11.7 Å². The predicted molar refractivity (Wildman–Crippen MR) is 86.7 cm³/mol. The summed E-state index contributed by atoms with van der Waals surface area (Å²) in [5.41, 5.74) is 1.79. The van der Waals surface area contributed by atoms with Crippen LogP contribution in [0.5, 0.6) is 0 Å². The SMILES string of the molecule is CCCNc1cc(C(=O)N(CC)C2CC2)cc(CCC)n1. The van der Waals surface area contributed by atoms with Gasteiger partial charge < -0.3 is 10.2 Å². The third-order valence-corrected chi connectivity index (χ3v) is 3.78. The van der Waals surface area contributed by atoms with E-state index in [2.05, 4.69) is 31.1 Å². The lowest BCUT2D eigenvalue weighted by Crippen LogP contribution is -2.33. The van der Waals surface area contributed by atoms with Crippen LogP contribution in [0.4, 0.5) is 5.82 Å². The van der Waals surface area contributed by atoms with Gasteiger partial charge in [0, 0.05) is 30.4 Å². The van der Waals surface area contributed by atoms with Crippen LogP contribution in [0.25, 0.3) is 0 Å². The first kappa shape index (κ1) is 15.8. The lowest BCUT2D eigenvalue weighted by molar-refractivity contribution is 0.0752. The summed E-state index contributed by atoms with van der Waals surface area (Å²) in [5, 5.41) is 3.31. The average molecular weight is 289 g/mol. The number of carbonyl (C=O) groups is 1. The minimum atomic E-state index is 0.152. The number of nitrogens with zero attached hydrogens (tertiary/aromatic N) is 2. The van der Waals surface area contributed by atoms with Gasteiger partial charge >= 0.3 is 0 Å². The molecule has 0 unspecified atom stereocenters. The Morgan fingerprint density at radius 2 is 2.05 bits per heavy atom. The zero-order valence-electron chi connectivity index (χ0n) is 13.5. The Hall–Kier alpha value is -1.58. The fourth-order valence-electron chi connectivity index (χ4n) is 2.56. The minimum Gasteiger partial charge on any atom is -0.370 e. The van der Waals surface area contributed by atoms with Gasteiger partial charge in [-0.25, -0.2) is 4.98 Å². The number of anilines is 1. The van der Waals surface area contributed by atoms with Gasteiger partial charge in [0.15, 0.2) is 0 Å². The molecule has 0 radical (unpaired) electrons. The maximum Gasteiger partial charge on any atom is 0.254 e. The van der Waals surface area contributed by atoms with Crippen molar-refractivity contribution in [3.63, 3.8) is 0 Å². The van der Waals surface area contributed by atoms with Crippen molar-refractivity contribution in [1.29, 1.82) is 0 Å². The van der Waals surface area contributed by atoms with Crippen molar-refractivity contribution in [2.24, 2.45) is 0 Å². The van der Waals surface area contributed by atoms with Crippen LogP contribution in [0.15, 0.2) is 12.1 Å². The number of pyridine rings is 1. The van der Waals surface area contributed by atoms with Crippen molar-refractivity contribution in [1.82, 2.24) is 9.88 Å². The molecule has 1 saturated carbocycles. The number of carbonyl (C=O) groups excluding carboxylic acids is 1. The van der Waals surface area contributed by atoms with Crippen LogP contribution in [0.3, 0.4) is 0 Å². The molecule has 0 atom stereocenters. The maximum absolute atomic E-state index is 12.7. The number of hydrogen-bond donors (Lipinski definition) is 1. The summed E-state index contributed by atoms with van der Waals surface area (Å²) in [6.45, 7) is 7.99. The lowest BCUT2D eigenvalue weighted by Gasteiger charge is -2.21. The molecule has 2 rings (SSSR count). The molecule has 0 aromatic carbocycles. The number of amides is 1. The van der Waals surface area contributed by atoms with E-state index >= 15 is 0 Å². The largest absolute Gasteiger partial charge is 0.370 e. The highest BCUT2D eigenvalue weighted by Gasteiger charge is 2.32. The Morgan fingerprint density at radius 1 is 1.29 bits per heavy atom. The highest BCUT2D eigenvalue weighted by Crippen LogP contribution is 2.28. The van der Waals surface area contributed by atoms with E-state index in [1.807, 2.05) is 17.0 Å². The first-order valence-corrected chi connectivity index (χ1v) is 8.25. The molecule has 1 aromatic rings. The molecule has 1 aromatic heterocycles. The molecule has 1 amide bonds. The summed E-state index contributed by atoms with van der Waals surface area (Å²) >= 11 is 0. The molecular formula is C17H27N3O. The van der Waals surface area contributed by atoms with E-state index in [1.54, 1.807) is 0 Å². The van der Waals surface area contributed by atoms with Crippen LogP contribution in [0.2, 0.25) is 0 Å². The molecule has 116 valence electrons. The molecule has 1 N–H and O–H groups in total. The van der Waals surface area contributed by atoms with Gasteiger partial charge in [-0.2, -0.15) is 0 Å². The van der Waals surface area contributed by atoms with Crippen LogP contribution in [-0.2, 0) is 6.42 Å². The number of aromatic nitrogens is 1. The molecule has 1 aliphatic rings. The Morgan fingerprint density at radius 3 is 2.62 bits per heavy atom. The van der Waals surface area contributed by atoms with Gasteiger partial charge in [0.2, 0.25) is 0 Å². The standard InChI is InChI=1S/C17H27N3O/c1-4-7-14-11-13(12-16(19-14)18-10-5-2)17(21)20(6-3)15-8-9-15/h11-12,15H,4-10H2,1-3H3,(H,18,19). The summed E-state index contributed by atoms with van der Waals surface area (Å²) in [7, 11) is 0. The molecule has 21 heavy (non-hydrogen) atoms. The second-order valence-electron chi connectivity index (χ2n) is 5.73. The van der Waals surface area contributed by atoms with Crippen molar-refractivity contribution in [2.75, 3.05) is 18.4 Å². The van der Waals surface area contributed by atoms with Crippen LogP contribution in [-0.4, -0.2) is 34.9 Å². The third-order valence-electron chi connectivity index (χ3n) is 3.78. The Labute approximate surface area is 127 Å². The highest BCUT2D eigenvalue weighted by atomic mass is 16.2. The molecule has 1 aliphatic carbocycles. The average Bonchev–Trinajstić information content (AvgIpc) is 3.30. The quantitative estimate of drug-likeness (QED) is 0.797. The van der Waals surface area contributed by atoms with Crippen molar-refractivity contribution < 1.29 is 4.79 Å². The summed E-state index contributed by atoms with van der Waals surface area (Å²) in [6, 6.07) is 4.33. The van der Waals surface area contributed by atoms with E-state index in [4.69, 9.17) is 0 Å². The van der Waals surface area contributed by atoms with Gasteiger partial charge in [-0.3, -0.25) is 4.79 Å². The van der Waals surface area contributed by atoms with E-state index in [-0.39, 0.29) is 5.91 Å². The van der Waals surface area contributed by atoms with E-state index in [0.717, 1.165) is 62.3 Å². The first-order valence-electron chi connectivity index (χ1n) is 8.25. The molecule has 0 spiro atoms. The molecular weight excluding hydrogens is 262 g/mol.